The minimum atomic E-state index is -0.406. The third-order valence-electron chi connectivity index (χ3n) is 7.14. The number of piperidine rings is 1. The molecule has 0 bridgehead atoms. The summed E-state index contributed by atoms with van der Waals surface area (Å²) in [6.07, 6.45) is 1.75. The molecule has 190 valence electrons. The molecule has 0 aliphatic carbocycles. The first-order chi connectivity index (χ1) is 17.5. The Morgan fingerprint density at radius 3 is 2.53 bits per heavy atom. The fourth-order valence-electron chi connectivity index (χ4n) is 5.11. The molecule has 1 atom stereocenters. The molecule has 3 heterocycles. The zero-order chi connectivity index (χ0) is 25.1. The number of ether oxygens (including phenoxy) is 2. The Kier molecular flexibility index (Phi) is 7.06. The van der Waals surface area contributed by atoms with Crippen molar-refractivity contribution < 1.29 is 28.2 Å². The van der Waals surface area contributed by atoms with Gasteiger partial charge in [-0.1, -0.05) is 18.2 Å². The maximum absolute atomic E-state index is 13.7. The Labute approximate surface area is 209 Å². The van der Waals surface area contributed by atoms with Gasteiger partial charge < -0.3 is 24.6 Å². The molecule has 5 rings (SSSR count). The molecule has 0 spiro atoms. The molecule has 36 heavy (non-hydrogen) atoms. The topological polar surface area (TPSA) is 88.2 Å². The van der Waals surface area contributed by atoms with Gasteiger partial charge >= 0.3 is 0 Å². The van der Waals surface area contributed by atoms with E-state index in [0.717, 1.165) is 0 Å². The number of carbonyl (C=O) groups excluding carboxylic acids is 3. The number of hydrogen-bond acceptors (Lipinski definition) is 5. The van der Waals surface area contributed by atoms with Crippen LogP contribution < -0.4 is 19.7 Å². The molecule has 8 nitrogen and oxygen atoms in total. The molecule has 0 saturated carbocycles. The molecule has 1 N–H and O–H groups in total. The monoisotopic (exact) mass is 495 g/mol. The van der Waals surface area contributed by atoms with Crippen molar-refractivity contribution in [2.75, 3.05) is 44.3 Å². The van der Waals surface area contributed by atoms with Crippen LogP contribution in [0, 0.1) is 17.7 Å². The first kappa shape index (κ1) is 24.1. The summed E-state index contributed by atoms with van der Waals surface area (Å²) >= 11 is 0. The SMILES string of the molecule is O=C(NCCc1ccccc1F)C1CCN(C(=O)C2CC(=O)N(c3ccc4c(c3)OCCO4)C2)CC1. The van der Waals surface area contributed by atoms with Crippen molar-refractivity contribution in [2.45, 2.75) is 25.7 Å². The lowest BCUT2D eigenvalue weighted by molar-refractivity contribution is -0.139. The zero-order valence-corrected chi connectivity index (χ0v) is 20.1. The van der Waals surface area contributed by atoms with Gasteiger partial charge in [0.2, 0.25) is 17.7 Å². The van der Waals surface area contributed by atoms with E-state index < -0.39 is 5.92 Å². The summed E-state index contributed by atoms with van der Waals surface area (Å²) in [4.78, 5) is 41.9. The number of halogens is 1. The largest absolute Gasteiger partial charge is 0.486 e. The van der Waals surface area contributed by atoms with Crippen LogP contribution in [0.3, 0.4) is 0 Å². The van der Waals surface area contributed by atoms with Gasteiger partial charge in [0.15, 0.2) is 11.5 Å². The number of carbonyl (C=O) groups is 3. The van der Waals surface area contributed by atoms with Crippen LogP contribution in [0.5, 0.6) is 11.5 Å². The highest BCUT2D eigenvalue weighted by atomic mass is 19.1. The number of anilines is 1. The first-order valence-corrected chi connectivity index (χ1v) is 12.5. The quantitative estimate of drug-likeness (QED) is 0.666. The summed E-state index contributed by atoms with van der Waals surface area (Å²) in [7, 11) is 0. The molecule has 3 aliphatic rings. The number of amides is 3. The van der Waals surface area contributed by atoms with Crippen LogP contribution in [0.25, 0.3) is 0 Å². The van der Waals surface area contributed by atoms with E-state index in [0.29, 0.717) is 81.4 Å². The first-order valence-electron chi connectivity index (χ1n) is 12.5. The van der Waals surface area contributed by atoms with E-state index in [1.807, 2.05) is 6.07 Å². The van der Waals surface area contributed by atoms with Crippen LogP contribution in [0.4, 0.5) is 10.1 Å². The summed E-state index contributed by atoms with van der Waals surface area (Å²) in [6, 6.07) is 11.9. The predicted molar refractivity (Wildman–Crippen MR) is 130 cm³/mol. The molecule has 0 radical (unpaired) electrons. The lowest BCUT2D eigenvalue weighted by Crippen LogP contribution is -2.45. The Bertz CT molecular complexity index is 1150. The minimum Gasteiger partial charge on any atom is -0.486 e. The molecule has 2 saturated heterocycles. The maximum Gasteiger partial charge on any atom is 0.228 e. The summed E-state index contributed by atoms with van der Waals surface area (Å²) in [5.41, 5.74) is 1.28. The minimum absolute atomic E-state index is 0.0400. The third-order valence-corrected chi connectivity index (χ3v) is 7.14. The lowest BCUT2D eigenvalue weighted by atomic mass is 9.94. The molecule has 2 fully saturated rings. The van der Waals surface area contributed by atoms with E-state index in [1.165, 1.54) is 6.07 Å². The smallest absolute Gasteiger partial charge is 0.228 e. The molecule has 9 heteroatoms. The number of hydrogen-bond donors (Lipinski definition) is 1. The summed E-state index contributed by atoms with van der Waals surface area (Å²) in [6.45, 7) is 2.63. The number of rotatable bonds is 6. The van der Waals surface area contributed by atoms with Crippen LogP contribution in [-0.4, -0.2) is 62.0 Å². The molecule has 3 amide bonds. The van der Waals surface area contributed by atoms with E-state index in [4.69, 9.17) is 9.47 Å². The van der Waals surface area contributed by atoms with Crippen LogP contribution >= 0.6 is 0 Å². The van der Waals surface area contributed by atoms with E-state index >= 15 is 0 Å². The number of fused-ring (bicyclic) bond motifs is 1. The summed E-state index contributed by atoms with van der Waals surface area (Å²) < 4.78 is 24.9. The van der Waals surface area contributed by atoms with Gasteiger partial charge in [0, 0.05) is 50.3 Å². The van der Waals surface area contributed by atoms with Crippen LogP contribution in [-0.2, 0) is 20.8 Å². The second-order valence-corrected chi connectivity index (χ2v) is 9.47. The molecule has 0 aromatic heterocycles. The van der Waals surface area contributed by atoms with E-state index in [1.54, 1.807) is 40.1 Å². The van der Waals surface area contributed by atoms with Gasteiger partial charge in [-0.2, -0.15) is 0 Å². The summed E-state index contributed by atoms with van der Waals surface area (Å²) in [5, 5.41) is 2.90. The normalized spacial score (nSPS) is 19.9. The van der Waals surface area contributed by atoms with Crippen molar-refractivity contribution in [1.29, 1.82) is 0 Å². The van der Waals surface area contributed by atoms with Gasteiger partial charge in [0.1, 0.15) is 19.0 Å². The van der Waals surface area contributed by atoms with Crippen molar-refractivity contribution in [3.63, 3.8) is 0 Å². The average molecular weight is 496 g/mol. The van der Waals surface area contributed by atoms with Crippen molar-refractivity contribution >= 4 is 23.4 Å². The Morgan fingerprint density at radius 2 is 1.75 bits per heavy atom. The number of nitrogens with zero attached hydrogens (tertiary/aromatic N) is 2. The van der Waals surface area contributed by atoms with Crippen molar-refractivity contribution in [1.82, 2.24) is 10.2 Å². The van der Waals surface area contributed by atoms with Gasteiger partial charge in [-0.05, 0) is 43.0 Å². The Hall–Kier alpha value is -3.62. The van der Waals surface area contributed by atoms with Gasteiger partial charge in [0.05, 0.1) is 5.92 Å². The van der Waals surface area contributed by atoms with Gasteiger partial charge in [-0.25, -0.2) is 4.39 Å². The van der Waals surface area contributed by atoms with Crippen LogP contribution in [0.2, 0.25) is 0 Å². The number of likely N-dealkylation sites (tertiary alicyclic amines) is 1. The molecular formula is C27H30FN3O5. The van der Waals surface area contributed by atoms with Crippen molar-refractivity contribution in [3.8, 4) is 11.5 Å². The highest BCUT2D eigenvalue weighted by Gasteiger charge is 2.39. The van der Waals surface area contributed by atoms with E-state index in [9.17, 15) is 18.8 Å². The predicted octanol–water partition coefficient (Wildman–Crippen LogP) is 2.55. The molecule has 1 unspecified atom stereocenters. The molecule has 2 aromatic carbocycles. The van der Waals surface area contributed by atoms with Gasteiger partial charge in [0.25, 0.3) is 0 Å². The highest BCUT2D eigenvalue weighted by molar-refractivity contribution is 6.00. The fourth-order valence-corrected chi connectivity index (χ4v) is 5.11. The highest BCUT2D eigenvalue weighted by Crippen LogP contribution is 2.36. The average Bonchev–Trinajstić information content (AvgIpc) is 3.30. The van der Waals surface area contributed by atoms with Crippen LogP contribution in [0.1, 0.15) is 24.8 Å². The molecular weight excluding hydrogens is 465 g/mol. The fraction of sp³-hybridized carbons (Fsp3) is 0.444. The second kappa shape index (κ2) is 10.6. The second-order valence-electron chi connectivity index (χ2n) is 9.47. The molecule has 3 aliphatic heterocycles. The third kappa shape index (κ3) is 5.15. The summed E-state index contributed by atoms with van der Waals surface area (Å²) in [5.74, 6) is 0.233. The lowest BCUT2D eigenvalue weighted by Gasteiger charge is -2.33. The van der Waals surface area contributed by atoms with Crippen molar-refractivity contribution in [2.24, 2.45) is 11.8 Å². The van der Waals surface area contributed by atoms with Gasteiger partial charge in [-0.15, -0.1) is 0 Å². The zero-order valence-electron chi connectivity index (χ0n) is 20.1. The Balaban J connectivity index is 1.10. The molecule has 2 aromatic rings. The van der Waals surface area contributed by atoms with Gasteiger partial charge in [-0.3, -0.25) is 14.4 Å². The van der Waals surface area contributed by atoms with E-state index in [-0.39, 0.29) is 35.9 Å². The maximum atomic E-state index is 13.7. The number of benzene rings is 2. The Morgan fingerprint density at radius 1 is 1.00 bits per heavy atom. The number of nitrogens with one attached hydrogen (secondary N) is 1. The van der Waals surface area contributed by atoms with Crippen molar-refractivity contribution in [3.05, 3.63) is 53.8 Å². The van der Waals surface area contributed by atoms with E-state index in [2.05, 4.69) is 5.32 Å². The van der Waals surface area contributed by atoms with Crippen LogP contribution in [0.15, 0.2) is 42.5 Å². The standard InChI is InChI=1S/C27H30FN3O5/c28-22-4-2-1-3-18(22)7-10-29-26(33)19-8-11-30(12-9-19)27(34)20-15-25(32)31(17-20)21-5-6-23-24(16-21)36-14-13-35-23/h1-6,16,19-20H,7-15,17H2,(H,29,33).